The Morgan fingerprint density at radius 1 is 1.29 bits per heavy atom. The highest BCUT2D eigenvalue weighted by Gasteiger charge is 2.37. The monoisotopic (exact) mass is 311 g/mol. The maximum atomic E-state index is 12.9. The number of likely N-dealkylation sites (N-methyl/N-ethyl adjacent to an activating group) is 1. The van der Waals surface area contributed by atoms with Crippen LogP contribution >= 0.6 is 0 Å². The summed E-state index contributed by atoms with van der Waals surface area (Å²) in [5.74, 6) is 0. The van der Waals surface area contributed by atoms with Gasteiger partial charge < -0.3 is 5.73 Å². The number of rotatable bonds is 3. The molecule has 1 aliphatic rings. The zero-order valence-corrected chi connectivity index (χ0v) is 14.1. The summed E-state index contributed by atoms with van der Waals surface area (Å²) in [4.78, 5) is 2.59. The van der Waals surface area contributed by atoms with Crippen LogP contribution in [0.3, 0.4) is 0 Å². The van der Waals surface area contributed by atoms with E-state index in [0.717, 1.165) is 17.7 Å². The number of hydrogen-bond acceptors (Lipinski definition) is 4. The lowest BCUT2D eigenvalue weighted by Gasteiger charge is -2.44. The Balaban J connectivity index is 2.35. The molecule has 0 amide bonds. The van der Waals surface area contributed by atoms with E-state index in [1.54, 1.807) is 16.4 Å². The van der Waals surface area contributed by atoms with Crippen molar-refractivity contribution in [3.8, 4) is 0 Å². The van der Waals surface area contributed by atoms with Gasteiger partial charge in [-0.1, -0.05) is 12.1 Å². The smallest absolute Gasteiger partial charge is 0.243 e. The van der Waals surface area contributed by atoms with Crippen molar-refractivity contribution in [2.24, 2.45) is 5.73 Å². The molecular weight excluding hydrogens is 286 g/mol. The van der Waals surface area contributed by atoms with Gasteiger partial charge in [0, 0.05) is 31.7 Å². The van der Waals surface area contributed by atoms with Gasteiger partial charge in [0.2, 0.25) is 10.0 Å². The minimum Gasteiger partial charge on any atom is -0.326 e. The highest BCUT2D eigenvalue weighted by Crippen LogP contribution is 2.26. The van der Waals surface area contributed by atoms with E-state index in [1.807, 2.05) is 20.0 Å². The number of aryl methyl sites for hydroxylation is 1. The van der Waals surface area contributed by atoms with Crippen LogP contribution < -0.4 is 5.73 Å². The molecule has 0 aliphatic carbocycles. The molecular formula is C15H25N3O2S. The van der Waals surface area contributed by atoms with Gasteiger partial charge in [0.25, 0.3) is 0 Å². The van der Waals surface area contributed by atoms with Gasteiger partial charge in [-0.05, 0) is 45.0 Å². The molecule has 0 unspecified atom stereocenters. The second-order valence-electron chi connectivity index (χ2n) is 6.38. The average Bonchev–Trinajstić information content (AvgIpc) is 2.41. The number of nitrogens with two attached hydrogens (primary N) is 1. The highest BCUT2D eigenvalue weighted by atomic mass is 32.2. The predicted octanol–water partition coefficient (Wildman–Crippen LogP) is 1.17. The van der Waals surface area contributed by atoms with Crippen LogP contribution in [0.5, 0.6) is 0 Å². The van der Waals surface area contributed by atoms with Crippen molar-refractivity contribution in [1.82, 2.24) is 9.21 Å². The lowest BCUT2D eigenvalue weighted by Crippen LogP contribution is -2.58. The van der Waals surface area contributed by atoms with E-state index in [9.17, 15) is 8.42 Å². The van der Waals surface area contributed by atoms with Crippen LogP contribution in [0, 0.1) is 6.92 Å². The molecule has 1 aromatic rings. The Kier molecular flexibility index (Phi) is 4.44. The number of benzene rings is 1. The third kappa shape index (κ3) is 3.13. The summed E-state index contributed by atoms with van der Waals surface area (Å²) in [5.41, 5.74) is 7.16. The molecule has 5 nitrogen and oxygen atoms in total. The van der Waals surface area contributed by atoms with Gasteiger partial charge in [-0.3, -0.25) is 4.90 Å². The van der Waals surface area contributed by atoms with Gasteiger partial charge >= 0.3 is 0 Å². The molecule has 1 saturated heterocycles. The molecule has 1 aromatic carbocycles. The Labute approximate surface area is 127 Å². The van der Waals surface area contributed by atoms with Gasteiger partial charge in [-0.15, -0.1) is 0 Å². The van der Waals surface area contributed by atoms with Crippen LogP contribution in [-0.4, -0.2) is 49.8 Å². The molecule has 1 fully saturated rings. The summed E-state index contributed by atoms with van der Waals surface area (Å²) < 4.78 is 27.4. The number of nitrogens with zero attached hydrogens (tertiary/aromatic N) is 2. The van der Waals surface area contributed by atoms with Crippen LogP contribution in [0.1, 0.15) is 25.0 Å². The molecule has 0 spiro atoms. The SMILES string of the molecule is Cc1cc(CN)ccc1S(=O)(=O)N1CCN(C)C(C)(C)C1. The van der Waals surface area contributed by atoms with Gasteiger partial charge in [-0.2, -0.15) is 4.31 Å². The molecule has 1 heterocycles. The summed E-state index contributed by atoms with van der Waals surface area (Å²) in [5, 5.41) is 0. The third-order valence-corrected chi connectivity index (χ3v) is 6.38. The topological polar surface area (TPSA) is 66.6 Å². The van der Waals surface area contributed by atoms with Crippen molar-refractivity contribution in [3.05, 3.63) is 29.3 Å². The molecule has 0 saturated carbocycles. The first-order valence-electron chi connectivity index (χ1n) is 7.19. The Hall–Kier alpha value is -0.950. The van der Waals surface area contributed by atoms with Crippen LogP contribution in [0.2, 0.25) is 0 Å². The van der Waals surface area contributed by atoms with Crippen molar-refractivity contribution < 1.29 is 8.42 Å². The zero-order chi connectivity index (χ0) is 15.8. The molecule has 1 aliphatic heterocycles. The summed E-state index contributed by atoms with van der Waals surface area (Å²) in [7, 11) is -1.41. The molecule has 21 heavy (non-hydrogen) atoms. The number of hydrogen-bond donors (Lipinski definition) is 1. The lowest BCUT2D eigenvalue weighted by atomic mass is 10.0. The van der Waals surface area contributed by atoms with Crippen molar-refractivity contribution >= 4 is 10.0 Å². The summed E-state index contributed by atoms with van der Waals surface area (Å²) in [6, 6.07) is 5.33. The fourth-order valence-corrected chi connectivity index (χ4v) is 4.46. The van der Waals surface area contributed by atoms with Gasteiger partial charge in [0.05, 0.1) is 4.90 Å². The average molecular weight is 311 g/mol. The van der Waals surface area contributed by atoms with E-state index in [0.29, 0.717) is 24.5 Å². The number of sulfonamides is 1. The lowest BCUT2D eigenvalue weighted by molar-refractivity contribution is 0.0801. The maximum absolute atomic E-state index is 12.9. The Bertz CT molecular complexity index is 626. The Morgan fingerprint density at radius 3 is 2.48 bits per heavy atom. The van der Waals surface area contributed by atoms with Gasteiger partial charge in [0.15, 0.2) is 0 Å². The minimum absolute atomic E-state index is 0.156. The van der Waals surface area contributed by atoms with E-state index >= 15 is 0 Å². The second kappa shape index (κ2) is 5.68. The minimum atomic E-state index is -3.45. The molecule has 118 valence electrons. The van der Waals surface area contributed by atoms with Gasteiger partial charge in [0.1, 0.15) is 0 Å². The molecule has 0 aromatic heterocycles. The van der Waals surface area contributed by atoms with Crippen molar-refractivity contribution in [3.63, 3.8) is 0 Å². The van der Waals surface area contributed by atoms with Crippen molar-refractivity contribution in [1.29, 1.82) is 0 Å². The van der Waals surface area contributed by atoms with Crippen molar-refractivity contribution in [2.45, 2.75) is 37.8 Å². The first-order chi connectivity index (χ1) is 9.68. The van der Waals surface area contributed by atoms with E-state index in [4.69, 9.17) is 5.73 Å². The maximum Gasteiger partial charge on any atom is 0.243 e. The molecule has 2 rings (SSSR count). The van der Waals surface area contributed by atoms with Crippen LogP contribution in [-0.2, 0) is 16.6 Å². The summed E-state index contributed by atoms with van der Waals surface area (Å²) in [6.07, 6.45) is 0. The van der Waals surface area contributed by atoms with E-state index < -0.39 is 10.0 Å². The molecule has 2 N–H and O–H groups in total. The first-order valence-corrected chi connectivity index (χ1v) is 8.63. The zero-order valence-electron chi connectivity index (χ0n) is 13.3. The number of piperazine rings is 1. The van der Waals surface area contributed by atoms with Crippen LogP contribution in [0.25, 0.3) is 0 Å². The quantitative estimate of drug-likeness (QED) is 0.910. The van der Waals surface area contributed by atoms with E-state index in [-0.39, 0.29) is 5.54 Å². The summed E-state index contributed by atoms with van der Waals surface area (Å²) >= 11 is 0. The molecule has 0 bridgehead atoms. The summed E-state index contributed by atoms with van der Waals surface area (Å²) in [6.45, 7) is 8.16. The largest absolute Gasteiger partial charge is 0.326 e. The molecule has 0 atom stereocenters. The van der Waals surface area contributed by atoms with Crippen molar-refractivity contribution in [2.75, 3.05) is 26.7 Å². The first kappa shape index (κ1) is 16.4. The standard InChI is InChI=1S/C15H25N3O2S/c1-12-9-13(10-16)5-6-14(12)21(19,20)18-8-7-17(4)15(2,3)11-18/h5-6,9H,7-8,10-11,16H2,1-4H3. The molecule has 6 heteroatoms. The normalized spacial score (nSPS) is 20.6. The fraction of sp³-hybridized carbons (Fsp3) is 0.600. The van der Waals surface area contributed by atoms with E-state index in [1.165, 1.54) is 0 Å². The van der Waals surface area contributed by atoms with Crippen LogP contribution in [0.15, 0.2) is 23.1 Å². The van der Waals surface area contributed by atoms with E-state index in [2.05, 4.69) is 18.7 Å². The Morgan fingerprint density at radius 2 is 1.95 bits per heavy atom. The third-order valence-electron chi connectivity index (χ3n) is 4.37. The predicted molar refractivity (Wildman–Crippen MR) is 84.5 cm³/mol. The van der Waals surface area contributed by atoms with Crippen LogP contribution in [0.4, 0.5) is 0 Å². The fourth-order valence-electron chi connectivity index (χ4n) is 2.67. The van der Waals surface area contributed by atoms with Gasteiger partial charge in [-0.25, -0.2) is 8.42 Å². The second-order valence-corrected chi connectivity index (χ2v) is 8.28. The molecule has 0 radical (unpaired) electrons. The highest BCUT2D eigenvalue weighted by molar-refractivity contribution is 7.89.